The zero-order valence-electron chi connectivity index (χ0n) is 16.7. The quantitative estimate of drug-likeness (QED) is 0.728. The van der Waals surface area contributed by atoms with Gasteiger partial charge in [-0.15, -0.1) is 11.8 Å². The lowest BCUT2D eigenvalue weighted by atomic mass is 9.95. The maximum absolute atomic E-state index is 13.0. The minimum atomic E-state index is -2.44. The summed E-state index contributed by atoms with van der Waals surface area (Å²) in [7, 11) is 0. The van der Waals surface area contributed by atoms with Crippen molar-refractivity contribution in [3.05, 3.63) is 0 Å². The summed E-state index contributed by atoms with van der Waals surface area (Å²) in [6, 6.07) is 0. The standard InChI is InChI=1S/C11H19N.C10H19F2N/c1-10(2)4-3-5-11-6-8-12-9-7-11;1-3-9(2)7-13-6-4-5-10(11,12)8-13/h10-12H,5-9H2,1-2H3;9H,3-8H2,1-2H3. The Hall–Kier alpha value is -0.660. The average molecular weight is 357 g/mol. The van der Waals surface area contributed by atoms with Crippen LogP contribution in [0.15, 0.2) is 0 Å². The predicted molar refractivity (Wildman–Crippen MR) is 103 cm³/mol. The third-order valence-corrected chi connectivity index (χ3v) is 4.98. The van der Waals surface area contributed by atoms with Crippen LogP contribution in [0.25, 0.3) is 0 Å². The molecule has 2 fully saturated rings. The van der Waals surface area contributed by atoms with E-state index in [4.69, 9.17) is 0 Å². The first-order valence-corrected chi connectivity index (χ1v) is 10.1. The van der Waals surface area contributed by atoms with Crippen LogP contribution < -0.4 is 5.32 Å². The van der Waals surface area contributed by atoms with Crippen molar-refractivity contribution in [2.24, 2.45) is 17.8 Å². The van der Waals surface area contributed by atoms with Gasteiger partial charge in [-0.2, -0.15) is 0 Å². The van der Waals surface area contributed by atoms with Gasteiger partial charge in [0, 0.05) is 25.3 Å². The summed E-state index contributed by atoms with van der Waals surface area (Å²) < 4.78 is 25.9. The molecule has 25 heavy (non-hydrogen) atoms. The molecule has 0 saturated carbocycles. The van der Waals surface area contributed by atoms with Gasteiger partial charge in [-0.25, -0.2) is 8.78 Å². The maximum Gasteiger partial charge on any atom is 0.260 e. The highest BCUT2D eigenvalue weighted by Crippen LogP contribution is 2.27. The minimum absolute atomic E-state index is 0.0304. The van der Waals surface area contributed by atoms with E-state index in [2.05, 4.69) is 44.9 Å². The number of hydrogen-bond donors (Lipinski definition) is 1. The van der Waals surface area contributed by atoms with E-state index in [1.807, 2.05) is 4.90 Å². The number of rotatable bonds is 4. The first-order chi connectivity index (χ1) is 11.8. The lowest BCUT2D eigenvalue weighted by Crippen LogP contribution is -2.44. The summed E-state index contributed by atoms with van der Waals surface area (Å²) in [4.78, 5) is 1.90. The van der Waals surface area contributed by atoms with Crippen LogP contribution >= 0.6 is 0 Å². The topological polar surface area (TPSA) is 15.3 Å². The number of alkyl halides is 2. The number of hydrogen-bond acceptors (Lipinski definition) is 2. The van der Waals surface area contributed by atoms with Crippen molar-refractivity contribution in [1.29, 1.82) is 0 Å². The van der Waals surface area contributed by atoms with Crippen molar-refractivity contribution in [2.45, 2.75) is 72.1 Å². The van der Waals surface area contributed by atoms with Crippen LogP contribution in [0, 0.1) is 29.6 Å². The smallest absolute Gasteiger partial charge is 0.260 e. The SMILES string of the molecule is CC(C)C#CCC1CCNCC1.CCC(C)CN1CCCC(F)(F)C1. The Morgan fingerprint density at radius 1 is 1.20 bits per heavy atom. The largest absolute Gasteiger partial charge is 0.317 e. The molecule has 2 nitrogen and oxygen atoms in total. The summed E-state index contributed by atoms with van der Waals surface area (Å²) in [5.41, 5.74) is 0. The summed E-state index contributed by atoms with van der Waals surface area (Å²) >= 11 is 0. The molecule has 0 aromatic rings. The highest BCUT2D eigenvalue weighted by molar-refractivity contribution is 5.02. The van der Waals surface area contributed by atoms with E-state index >= 15 is 0 Å². The molecule has 2 heterocycles. The number of nitrogens with one attached hydrogen (secondary N) is 1. The van der Waals surface area contributed by atoms with Gasteiger partial charge in [-0.3, -0.25) is 4.90 Å². The molecule has 0 aromatic heterocycles. The first-order valence-electron chi connectivity index (χ1n) is 10.1. The van der Waals surface area contributed by atoms with Gasteiger partial charge in [-0.1, -0.05) is 34.1 Å². The first kappa shape index (κ1) is 22.4. The molecule has 2 saturated heterocycles. The lowest BCUT2D eigenvalue weighted by Gasteiger charge is -2.33. The molecule has 2 aliphatic rings. The molecule has 2 aliphatic heterocycles. The van der Waals surface area contributed by atoms with Gasteiger partial charge in [0.15, 0.2) is 0 Å². The van der Waals surface area contributed by atoms with Crippen LogP contribution in [0.1, 0.15) is 66.2 Å². The van der Waals surface area contributed by atoms with Gasteiger partial charge >= 0.3 is 0 Å². The second-order valence-electron chi connectivity index (χ2n) is 8.08. The molecule has 0 aromatic carbocycles. The van der Waals surface area contributed by atoms with E-state index in [-0.39, 0.29) is 13.0 Å². The highest BCUT2D eigenvalue weighted by Gasteiger charge is 2.35. The molecule has 1 atom stereocenters. The van der Waals surface area contributed by atoms with Crippen molar-refractivity contribution in [3.8, 4) is 11.8 Å². The number of likely N-dealkylation sites (tertiary alicyclic amines) is 1. The van der Waals surface area contributed by atoms with Crippen molar-refractivity contribution in [2.75, 3.05) is 32.7 Å². The third-order valence-electron chi connectivity index (χ3n) is 4.98. The molecule has 0 spiro atoms. The Morgan fingerprint density at radius 2 is 1.88 bits per heavy atom. The molecule has 146 valence electrons. The Bertz CT molecular complexity index is 406. The molecule has 1 unspecified atom stereocenters. The van der Waals surface area contributed by atoms with E-state index in [0.717, 1.165) is 31.8 Å². The Labute approximate surface area is 154 Å². The average Bonchev–Trinajstić information content (AvgIpc) is 2.55. The fraction of sp³-hybridized carbons (Fsp3) is 0.905. The fourth-order valence-electron chi connectivity index (χ4n) is 3.27. The normalized spacial score (nSPS) is 22.5. The summed E-state index contributed by atoms with van der Waals surface area (Å²) in [6.45, 7) is 12.5. The monoisotopic (exact) mass is 356 g/mol. The van der Waals surface area contributed by atoms with Crippen molar-refractivity contribution < 1.29 is 8.78 Å². The van der Waals surface area contributed by atoms with Gasteiger partial charge in [0.05, 0.1) is 6.54 Å². The molecule has 4 heteroatoms. The van der Waals surface area contributed by atoms with Crippen LogP contribution in [-0.2, 0) is 0 Å². The molecule has 0 bridgehead atoms. The van der Waals surface area contributed by atoms with Gasteiger partial charge < -0.3 is 5.32 Å². The van der Waals surface area contributed by atoms with Crippen molar-refractivity contribution in [3.63, 3.8) is 0 Å². The van der Waals surface area contributed by atoms with Gasteiger partial charge in [0.25, 0.3) is 5.92 Å². The zero-order chi connectivity index (χ0) is 18.7. The molecule has 2 rings (SSSR count). The number of piperidine rings is 2. The molecular weight excluding hydrogens is 318 g/mol. The van der Waals surface area contributed by atoms with Gasteiger partial charge in [0.2, 0.25) is 0 Å². The molecule has 0 aliphatic carbocycles. The molecule has 0 radical (unpaired) electrons. The lowest BCUT2D eigenvalue weighted by molar-refractivity contribution is -0.0665. The molecular formula is C21H38F2N2. The van der Waals surface area contributed by atoms with E-state index < -0.39 is 5.92 Å². The Balaban J connectivity index is 0.000000251. The van der Waals surface area contributed by atoms with E-state index in [0.29, 0.717) is 18.3 Å². The minimum Gasteiger partial charge on any atom is -0.317 e. The van der Waals surface area contributed by atoms with E-state index in [1.54, 1.807) is 0 Å². The summed E-state index contributed by atoms with van der Waals surface area (Å²) in [6.07, 6.45) is 5.52. The van der Waals surface area contributed by atoms with Crippen LogP contribution in [-0.4, -0.2) is 43.5 Å². The highest BCUT2D eigenvalue weighted by atomic mass is 19.3. The van der Waals surface area contributed by atoms with E-state index in [1.165, 1.54) is 25.9 Å². The Morgan fingerprint density at radius 3 is 2.44 bits per heavy atom. The van der Waals surface area contributed by atoms with E-state index in [9.17, 15) is 8.78 Å². The van der Waals surface area contributed by atoms with Gasteiger partial charge in [0.1, 0.15) is 0 Å². The van der Waals surface area contributed by atoms with Gasteiger partial charge in [-0.05, 0) is 50.7 Å². The second-order valence-corrected chi connectivity index (χ2v) is 8.08. The zero-order valence-corrected chi connectivity index (χ0v) is 16.7. The van der Waals surface area contributed by atoms with Crippen molar-refractivity contribution >= 4 is 0 Å². The fourth-order valence-corrected chi connectivity index (χ4v) is 3.27. The van der Waals surface area contributed by atoms with Crippen LogP contribution in [0.3, 0.4) is 0 Å². The van der Waals surface area contributed by atoms with Crippen LogP contribution in [0.2, 0.25) is 0 Å². The second kappa shape index (κ2) is 11.9. The molecule has 0 amide bonds. The summed E-state index contributed by atoms with van der Waals surface area (Å²) in [5.74, 6) is 5.99. The maximum atomic E-state index is 13.0. The Kier molecular flexibility index (Phi) is 10.6. The molecule has 1 N–H and O–H groups in total. The summed E-state index contributed by atoms with van der Waals surface area (Å²) in [5, 5.41) is 3.37. The number of halogens is 2. The van der Waals surface area contributed by atoms with Crippen LogP contribution in [0.5, 0.6) is 0 Å². The van der Waals surface area contributed by atoms with Crippen molar-refractivity contribution in [1.82, 2.24) is 10.2 Å². The van der Waals surface area contributed by atoms with Crippen LogP contribution in [0.4, 0.5) is 8.78 Å². The predicted octanol–water partition coefficient (Wildman–Crippen LogP) is 4.80. The third kappa shape index (κ3) is 10.8. The number of nitrogens with zero attached hydrogens (tertiary/aromatic N) is 1.